The molecule has 0 spiro atoms. The van der Waals surface area contributed by atoms with Crippen LogP contribution in [0.5, 0.6) is 0 Å². The average Bonchev–Trinajstić information content (AvgIpc) is 2.83. The fourth-order valence-electron chi connectivity index (χ4n) is 1.54. The van der Waals surface area contributed by atoms with Gasteiger partial charge in [0, 0.05) is 17.9 Å². The van der Waals surface area contributed by atoms with Crippen LogP contribution in [0, 0.1) is 6.92 Å². The molecule has 0 atom stereocenters. The highest BCUT2D eigenvalue weighted by atomic mass is 32.2. The summed E-state index contributed by atoms with van der Waals surface area (Å²) >= 11 is 1.70. The zero-order valence-electron chi connectivity index (χ0n) is 10.3. The molecular formula is C13H16N2O2S. The fraction of sp³-hybridized carbons (Fsp3) is 0.385. The number of rotatable bonds is 6. The minimum atomic E-state index is 0.148. The minimum absolute atomic E-state index is 0.148. The van der Waals surface area contributed by atoms with E-state index in [-0.39, 0.29) is 6.61 Å². The molecule has 0 saturated carbocycles. The molecule has 0 aliphatic heterocycles. The van der Waals surface area contributed by atoms with Crippen LogP contribution in [0.3, 0.4) is 0 Å². The van der Waals surface area contributed by atoms with E-state index in [1.54, 1.807) is 11.8 Å². The van der Waals surface area contributed by atoms with E-state index in [2.05, 4.69) is 29.2 Å². The van der Waals surface area contributed by atoms with Gasteiger partial charge in [-0.1, -0.05) is 23.4 Å². The second-order valence-corrected chi connectivity index (χ2v) is 5.00. The Morgan fingerprint density at radius 2 is 2.17 bits per heavy atom. The fourth-order valence-corrected chi connectivity index (χ4v) is 2.41. The molecule has 0 aliphatic carbocycles. The highest BCUT2D eigenvalue weighted by Gasteiger charge is 2.07. The van der Waals surface area contributed by atoms with Gasteiger partial charge in [-0.2, -0.15) is 4.98 Å². The molecule has 18 heavy (non-hydrogen) atoms. The molecule has 0 fully saturated rings. The smallest absolute Gasteiger partial charge is 0.226 e. The van der Waals surface area contributed by atoms with E-state index in [0.717, 1.165) is 0 Å². The molecule has 0 aliphatic rings. The van der Waals surface area contributed by atoms with Gasteiger partial charge in [-0.15, -0.1) is 11.8 Å². The van der Waals surface area contributed by atoms with Gasteiger partial charge in [-0.25, -0.2) is 0 Å². The second kappa shape index (κ2) is 6.56. The topological polar surface area (TPSA) is 59.2 Å². The quantitative estimate of drug-likeness (QED) is 0.813. The van der Waals surface area contributed by atoms with Crippen molar-refractivity contribution >= 4 is 11.8 Å². The van der Waals surface area contributed by atoms with E-state index in [1.165, 1.54) is 10.5 Å². The van der Waals surface area contributed by atoms with Crippen LogP contribution in [0.2, 0.25) is 0 Å². The number of aliphatic hydroxyl groups excluding tert-OH is 1. The Hall–Kier alpha value is -1.33. The van der Waals surface area contributed by atoms with Crippen molar-refractivity contribution in [3.05, 3.63) is 41.5 Å². The lowest BCUT2D eigenvalue weighted by atomic mass is 10.2. The van der Waals surface area contributed by atoms with E-state index < -0.39 is 0 Å². The van der Waals surface area contributed by atoms with Gasteiger partial charge in [-0.3, -0.25) is 0 Å². The minimum Gasteiger partial charge on any atom is -0.396 e. The number of hydrogen-bond acceptors (Lipinski definition) is 5. The summed E-state index contributed by atoms with van der Waals surface area (Å²) in [6.07, 6.45) is 1.30. The summed E-state index contributed by atoms with van der Waals surface area (Å²) in [4.78, 5) is 5.52. The van der Waals surface area contributed by atoms with Crippen LogP contribution in [0.15, 0.2) is 33.7 Å². The summed E-state index contributed by atoms with van der Waals surface area (Å²) < 4.78 is 5.10. The molecule has 4 nitrogen and oxygen atoms in total. The van der Waals surface area contributed by atoms with Crippen molar-refractivity contribution in [1.29, 1.82) is 0 Å². The van der Waals surface area contributed by atoms with Gasteiger partial charge in [-0.05, 0) is 25.0 Å². The number of hydrogen-bond donors (Lipinski definition) is 1. The van der Waals surface area contributed by atoms with Crippen LogP contribution < -0.4 is 0 Å². The third-order valence-electron chi connectivity index (χ3n) is 2.51. The summed E-state index contributed by atoms with van der Waals surface area (Å²) in [5.74, 6) is 2.01. The van der Waals surface area contributed by atoms with E-state index in [9.17, 15) is 0 Å². The van der Waals surface area contributed by atoms with Crippen molar-refractivity contribution in [3.63, 3.8) is 0 Å². The highest BCUT2D eigenvalue weighted by molar-refractivity contribution is 7.98. The summed E-state index contributed by atoms with van der Waals surface area (Å²) in [7, 11) is 0. The van der Waals surface area contributed by atoms with Crippen molar-refractivity contribution in [1.82, 2.24) is 10.1 Å². The third kappa shape index (κ3) is 3.58. The Labute approximate surface area is 110 Å². The van der Waals surface area contributed by atoms with E-state index in [0.29, 0.717) is 30.3 Å². The monoisotopic (exact) mass is 264 g/mol. The maximum Gasteiger partial charge on any atom is 0.226 e. The molecule has 5 heteroatoms. The first-order chi connectivity index (χ1) is 8.79. The second-order valence-electron chi connectivity index (χ2n) is 3.99. The zero-order chi connectivity index (χ0) is 12.8. The Kier molecular flexibility index (Phi) is 4.78. The zero-order valence-corrected chi connectivity index (χ0v) is 11.1. The first kappa shape index (κ1) is 13.1. The van der Waals surface area contributed by atoms with Crippen LogP contribution in [-0.4, -0.2) is 21.9 Å². The van der Waals surface area contributed by atoms with Gasteiger partial charge in [0.15, 0.2) is 5.82 Å². The first-order valence-electron chi connectivity index (χ1n) is 5.90. The molecular weight excluding hydrogens is 248 g/mol. The van der Waals surface area contributed by atoms with Crippen molar-refractivity contribution in [2.45, 2.75) is 30.4 Å². The van der Waals surface area contributed by atoms with Crippen LogP contribution in [0.25, 0.3) is 0 Å². The lowest BCUT2D eigenvalue weighted by Gasteiger charge is -2.01. The highest BCUT2D eigenvalue weighted by Crippen LogP contribution is 2.24. The van der Waals surface area contributed by atoms with Gasteiger partial charge in [0.1, 0.15) is 0 Å². The molecule has 2 rings (SSSR count). The number of nitrogens with zero attached hydrogens (tertiary/aromatic N) is 2. The Bertz CT molecular complexity index is 499. The van der Waals surface area contributed by atoms with Crippen LogP contribution in [0.1, 0.15) is 23.7 Å². The van der Waals surface area contributed by atoms with Gasteiger partial charge in [0.25, 0.3) is 0 Å². The molecule has 2 aromatic rings. The van der Waals surface area contributed by atoms with Crippen LogP contribution >= 0.6 is 11.8 Å². The van der Waals surface area contributed by atoms with Gasteiger partial charge < -0.3 is 9.63 Å². The van der Waals surface area contributed by atoms with Crippen molar-refractivity contribution < 1.29 is 9.63 Å². The third-order valence-corrected chi connectivity index (χ3v) is 3.68. The van der Waals surface area contributed by atoms with Gasteiger partial charge >= 0.3 is 0 Å². The largest absolute Gasteiger partial charge is 0.396 e. The standard InChI is InChI=1S/C13H16N2O2S/c1-10-5-2-3-6-11(10)18-9-12-14-13(17-15-12)7-4-8-16/h2-3,5-6,16H,4,7-9H2,1H3. The van der Waals surface area contributed by atoms with Crippen molar-refractivity contribution in [2.24, 2.45) is 0 Å². The Balaban J connectivity index is 1.90. The molecule has 1 aromatic heterocycles. The summed E-state index contributed by atoms with van der Waals surface area (Å²) in [6, 6.07) is 8.23. The average molecular weight is 264 g/mol. The first-order valence-corrected chi connectivity index (χ1v) is 6.89. The van der Waals surface area contributed by atoms with E-state index in [1.807, 2.05) is 12.1 Å². The molecule has 0 bridgehead atoms. The molecule has 1 heterocycles. The predicted molar refractivity (Wildman–Crippen MR) is 70.4 cm³/mol. The molecule has 1 N–H and O–H groups in total. The predicted octanol–water partition coefficient (Wildman–Crippen LogP) is 2.60. The molecule has 1 aromatic carbocycles. The van der Waals surface area contributed by atoms with Crippen molar-refractivity contribution in [3.8, 4) is 0 Å². The Morgan fingerprint density at radius 3 is 2.94 bits per heavy atom. The summed E-state index contributed by atoms with van der Waals surface area (Å²) in [5.41, 5.74) is 1.26. The van der Waals surface area contributed by atoms with Gasteiger partial charge in [0.2, 0.25) is 5.89 Å². The van der Waals surface area contributed by atoms with Gasteiger partial charge in [0.05, 0.1) is 5.75 Å². The summed E-state index contributed by atoms with van der Waals surface area (Å²) in [5, 5.41) is 12.6. The molecule has 0 amide bonds. The number of benzene rings is 1. The van der Waals surface area contributed by atoms with E-state index in [4.69, 9.17) is 9.63 Å². The maximum atomic E-state index is 8.72. The normalized spacial score (nSPS) is 10.8. The number of thioether (sulfide) groups is 1. The molecule has 0 saturated heterocycles. The lowest BCUT2D eigenvalue weighted by Crippen LogP contribution is -1.90. The summed E-state index contributed by atoms with van der Waals surface area (Å²) in [6.45, 7) is 2.24. The molecule has 96 valence electrons. The molecule has 0 unspecified atom stereocenters. The Morgan fingerprint density at radius 1 is 1.33 bits per heavy atom. The number of aliphatic hydroxyl groups is 1. The molecule has 0 radical (unpaired) electrons. The van der Waals surface area contributed by atoms with Crippen LogP contribution in [-0.2, 0) is 12.2 Å². The number of aromatic nitrogens is 2. The number of aryl methyl sites for hydroxylation is 2. The van der Waals surface area contributed by atoms with Crippen molar-refractivity contribution in [2.75, 3.05) is 6.61 Å². The van der Waals surface area contributed by atoms with Crippen LogP contribution in [0.4, 0.5) is 0 Å². The maximum absolute atomic E-state index is 8.72. The van der Waals surface area contributed by atoms with E-state index >= 15 is 0 Å². The SMILES string of the molecule is Cc1ccccc1SCc1noc(CCCO)n1. The lowest BCUT2D eigenvalue weighted by molar-refractivity contribution is 0.278.